The maximum absolute atomic E-state index is 6.16. The zero-order chi connectivity index (χ0) is 21.5. The van der Waals surface area contributed by atoms with Crippen LogP contribution in [0.25, 0.3) is 10.9 Å². The first-order valence-electron chi connectivity index (χ1n) is 12.0. The van der Waals surface area contributed by atoms with Crippen LogP contribution in [0.5, 0.6) is 0 Å². The van der Waals surface area contributed by atoms with Gasteiger partial charge >= 0.3 is 0 Å². The minimum atomic E-state index is 0. The van der Waals surface area contributed by atoms with Crippen molar-refractivity contribution in [2.24, 2.45) is 4.99 Å². The number of guanidine groups is 1. The zero-order valence-corrected chi connectivity index (χ0v) is 21.9. The molecule has 7 heteroatoms. The first-order chi connectivity index (χ1) is 15.3. The van der Waals surface area contributed by atoms with Crippen LogP contribution >= 0.6 is 24.0 Å². The van der Waals surface area contributed by atoms with E-state index in [-0.39, 0.29) is 24.0 Å². The van der Waals surface area contributed by atoms with E-state index >= 15 is 0 Å². The van der Waals surface area contributed by atoms with Crippen LogP contribution < -0.4 is 5.32 Å². The van der Waals surface area contributed by atoms with Gasteiger partial charge in [-0.1, -0.05) is 25.1 Å². The number of benzene rings is 1. The summed E-state index contributed by atoms with van der Waals surface area (Å²) in [5, 5.41) is 4.91. The SMILES string of the molecule is CCc1cccc2c(CCNC(=NC)N3CCC(OCC4CCCCO4)CC3)c[nH]c12.I. The maximum Gasteiger partial charge on any atom is 0.193 e. The quantitative estimate of drug-likeness (QED) is 0.300. The highest BCUT2D eigenvalue weighted by Gasteiger charge is 2.23. The molecule has 32 heavy (non-hydrogen) atoms. The Bertz CT molecular complexity index is 855. The van der Waals surface area contributed by atoms with Gasteiger partial charge in [0.2, 0.25) is 0 Å². The molecule has 6 nitrogen and oxygen atoms in total. The molecule has 0 bridgehead atoms. The number of hydrogen-bond acceptors (Lipinski definition) is 3. The molecule has 1 atom stereocenters. The number of nitrogens with zero attached hydrogens (tertiary/aromatic N) is 2. The van der Waals surface area contributed by atoms with Crippen LogP contribution in [-0.4, -0.2) is 67.9 Å². The Kier molecular flexibility index (Phi) is 10.1. The number of para-hydroxylation sites is 1. The van der Waals surface area contributed by atoms with Gasteiger partial charge in [-0.15, -0.1) is 24.0 Å². The van der Waals surface area contributed by atoms with Gasteiger partial charge in [0, 0.05) is 50.4 Å². The average Bonchev–Trinajstić information content (AvgIpc) is 3.25. The summed E-state index contributed by atoms with van der Waals surface area (Å²) in [7, 11) is 1.88. The van der Waals surface area contributed by atoms with Crippen molar-refractivity contribution >= 4 is 40.8 Å². The molecular weight excluding hydrogens is 515 g/mol. The van der Waals surface area contributed by atoms with E-state index in [2.05, 4.69) is 51.5 Å². The molecule has 2 aliphatic heterocycles. The lowest BCUT2D eigenvalue weighted by Gasteiger charge is -2.35. The Morgan fingerprint density at radius 2 is 2.06 bits per heavy atom. The van der Waals surface area contributed by atoms with Crippen molar-refractivity contribution in [2.75, 3.05) is 39.9 Å². The summed E-state index contributed by atoms with van der Waals surface area (Å²) in [5.74, 6) is 1.00. The Hall–Kier alpha value is -1.32. The highest BCUT2D eigenvalue weighted by molar-refractivity contribution is 14.0. The second-order valence-electron chi connectivity index (χ2n) is 8.74. The number of likely N-dealkylation sites (tertiary alicyclic amines) is 1. The number of ether oxygens (including phenoxy) is 2. The number of piperidine rings is 1. The van der Waals surface area contributed by atoms with Crippen molar-refractivity contribution in [1.82, 2.24) is 15.2 Å². The summed E-state index contributed by atoms with van der Waals surface area (Å²) in [6, 6.07) is 6.59. The van der Waals surface area contributed by atoms with Gasteiger partial charge in [-0.3, -0.25) is 4.99 Å². The second kappa shape index (κ2) is 12.8. The largest absolute Gasteiger partial charge is 0.376 e. The van der Waals surface area contributed by atoms with Crippen LogP contribution in [0.1, 0.15) is 50.2 Å². The fraction of sp³-hybridized carbons (Fsp3) is 0.640. The van der Waals surface area contributed by atoms with Crippen LogP contribution in [0.15, 0.2) is 29.4 Å². The van der Waals surface area contributed by atoms with Crippen molar-refractivity contribution < 1.29 is 9.47 Å². The van der Waals surface area contributed by atoms with E-state index < -0.39 is 0 Å². The topological polar surface area (TPSA) is 61.9 Å². The molecule has 178 valence electrons. The third-order valence-electron chi connectivity index (χ3n) is 6.69. The maximum atomic E-state index is 6.16. The van der Waals surface area contributed by atoms with Gasteiger partial charge in [-0.25, -0.2) is 0 Å². The first-order valence-corrected chi connectivity index (χ1v) is 12.0. The predicted octanol–water partition coefficient (Wildman–Crippen LogP) is 4.52. The van der Waals surface area contributed by atoms with E-state index in [0.717, 1.165) is 70.9 Å². The van der Waals surface area contributed by atoms with E-state index in [1.165, 1.54) is 34.9 Å². The summed E-state index contributed by atoms with van der Waals surface area (Å²) < 4.78 is 12.0. The summed E-state index contributed by atoms with van der Waals surface area (Å²) in [6.07, 6.45) is 10.6. The molecule has 1 aromatic heterocycles. The van der Waals surface area contributed by atoms with Crippen LogP contribution in [0.3, 0.4) is 0 Å². The molecule has 2 aromatic rings. The Labute approximate surface area is 209 Å². The van der Waals surface area contributed by atoms with Crippen molar-refractivity contribution in [2.45, 2.75) is 64.1 Å². The number of aromatic amines is 1. The van der Waals surface area contributed by atoms with Crippen LogP contribution in [0.4, 0.5) is 0 Å². The van der Waals surface area contributed by atoms with Gasteiger partial charge in [0.25, 0.3) is 0 Å². The van der Waals surface area contributed by atoms with E-state index in [9.17, 15) is 0 Å². The number of halogens is 1. The number of aliphatic imine (C=N–C) groups is 1. The summed E-state index contributed by atoms with van der Waals surface area (Å²) in [5.41, 5.74) is 4.03. The number of fused-ring (bicyclic) bond motifs is 1. The zero-order valence-electron chi connectivity index (χ0n) is 19.6. The fourth-order valence-corrected chi connectivity index (χ4v) is 4.83. The highest BCUT2D eigenvalue weighted by atomic mass is 127. The molecule has 1 unspecified atom stereocenters. The molecule has 0 spiro atoms. The Morgan fingerprint density at radius 3 is 2.78 bits per heavy atom. The molecule has 2 aliphatic rings. The molecule has 0 aliphatic carbocycles. The first kappa shape index (κ1) is 25.3. The third-order valence-corrected chi connectivity index (χ3v) is 6.69. The number of hydrogen-bond donors (Lipinski definition) is 2. The number of nitrogens with one attached hydrogen (secondary N) is 2. The lowest BCUT2D eigenvalue weighted by Crippen LogP contribution is -2.47. The fourth-order valence-electron chi connectivity index (χ4n) is 4.83. The summed E-state index contributed by atoms with van der Waals surface area (Å²) in [6.45, 7) is 6.71. The van der Waals surface area contributed by atoms with Gasteiger partial charge in [0.05, 0.1) is 18.8 Å². The van der Waals surface area contributed by atoms with Crippen LogP contribution in [-0.2, 0) is 22.3 Å². The number of aryl methyl sites for hydroxylation is 1. The minimum absolute atomic E-state index is 0. The van der Waals surface area contributed by atoms with Crippen molar-refractivity contribution in [3.8, 4) is 0 Å². The number of rotatable bonds is 7. The lowest BCUT2D eigenvalue weighted by molar-refractivity contribution is -0.0721. The number of H-pyrrole nitrogens is 1. The van der Waals surface area contributed by atoms with Crippen LogP contribution in [0.2, 0.25) is 0 Å². The minimum Gasteiger partial charge on any atom is -0.376 e. The monoisotopic (exact) mass is 554 g/mol. The molecule has 3 heterocycles. The number of aromatic nitrogens is 1. The van der Waals surface area contributed by atoms with Gasteiger partial charge in [-0.2, -0.15) is 0 Å². The van der Waals surface area contributed by atoms with Gasteiger partial charge in [0.1, 0.15) is 0 Å². The summed E-state index contributed by atoms with van der Waals surface area (Å²) >= 11 is 0. The van der Waals surface area contributed by atoms with Crippen LogP contribution in [0, 0.1) is 0 Å². The van der Waals surface area contributed by atoms with E-state index in [1.54, 1.807) is 0 Å². The van der Waals surface area contributed by atoms with Crippen molar-refractivity contribution in [3.63, 3.8) is 0 Å². The highest BCUT2D eigenvalue weighted by Crippen LogP contribution is 2.22. The molecule has 2 N–H and O–H groups in total. The molecule has 2 saturated heterocycles. The average molecular weight is 555 g/mol. The standard InChI is InChI=1S/C25H38N4O2.HI/c1-3-19-7-6-9-23-20(17-28-24(19)23)10-13-27-25(26-2)29-14-11-21(12-15-29)31-18-22-8-4-5-16-30-22;/h6-7,9,17,21-22,28H,3-5,8,10-16,18H2,1-2H3,(H,26,27);1H. The normalized spacial score (nSPS) is 20.4. The lowest BCUT2D eigenvalue weighted by atomic mass is 10.1. The van der Waals surface area contributed by atoms with Gasteiger partial charge < -0.3 is 24.7 Å². The van der Waals surface area contributed by atoms with Crippen molar-refractivity contribution in [3.05, 3.63) is 35.5 Å². The molecule has 4 rings (SSSR count). The van der Waals surface area contributed by atoms with E-state index in [4.69, 9.17) is 9.47 Å². The third kappa shape index (κ3) is 6.38. The Morgan fingerprint density at radius 1 is 1.22 bits per heavy atom. The molecule has 0 saturated carbocycles. The predicted molar refractivity (Wildman–Crippen MR) is 142 cm³/mol. The van der Waals surface area contributed by atoms with Gasteiger partial charge in [0.15, 0.2) is 5.96 Å². The Balaban J connectivity index is 0.00000289. The smallest absolute Gasteiger partial charge is 0.193 e. The van der Waals surface area contributed by atoms with Crippen molar-refractivity contribution in [1.29, 1.82) is 0 Å². The van der Waals surface area contributed by atoms with E-state index in [1.807, 2.05) is 7.05 Å². The molecule has 2 fully saturated rings. The molecule has 1 aromatic carbocycles. The van der Waals surface area contributed by atoms with Gasteiger partial charge in [-0.05, 0) is 56.1 Å². The molecule has 0 radical (unpaired) electrons. The second-order valence-corrected chi connectivity index (χ2v) is 8.74. The van der Waals surface area contributed by atoms with E-state index in [0.29, 0.717) is 12.2 Å². The molecule has 0 amide bonds. The molecular formula is C25H39IN4O2. The summed E-state index contributed by atoms with van der Waals surface area (Å²) in [4.78, 5) is 10.4.